The Kier molecular flexibility index (Phi) is 55.8. The maximum absolute atomic E-state index is 13.1. The minimum Gasteiger partial charge on any atom is -0.312 e. The molecule has 0 rings (SSSR count). The molecule has 0 aromatic rings. The molecule has 0 aliphatic heterocycles. The summed E-state index contributed by atoms with van der Waals surface area (Å²) in [6, 6.07) is 0. The van der Waals surface area contributed by atoms with Gasteiger partial charge in [0.15, 0.2) is 0 Å². The van der Waals surface area contributed by atoms with Crippen LogP contribution in [0, 0.1) is 0 Å². The first-order valence-corrected chi connectivity index (χ1v) is 31.8. The maximum atomic E-state index is 13.1. The Balaban J connectivity index is 3.60. The Morgan fingerprint density at radius 1 is 0.266 bits per heavy atom. The lowest BCUT2D eigenvalue weighted by atomic mass is 10.0. The van der Waals surface area contributed by atoms with Crippen LogP contribution in [0.4, 0.5) is 0 Å². The van der Waals surface area contributed by atoms with Gasteiger partial charge < -0.3 is 4.89 Å². The number of hydrogen-bond acceptors (Lipinski definition) is 2. The molecule has 1 N–H and O–H groups in total. The van der Waals surface area contributed by atoms with Gasteiger partial charge in [-0.2, -0.15) is 0 Å². The standard InChI is InChI=1S/C59H122NO3P/c1-4-7-9-11-13-15-17-19-21-23-25-27-29-31-33-35-37-39-41-43-45-47-49-51-53-55-57-60(64(61,62)63-59-6-3)58-56-54-52-50-48-46-44-42-40-38-36-34-32-30-28-26-24-22-20-18-16-14-12-10-8-5-2/h4-59H2,1-3H3,(H,61,62). The first kappa shape index (κ1) is 64.1. The molecule has 0 fully saturated rings. The van der Waals surface area contributed by atoms with Crippen LogP contribution in [0.25, 0.3) is 0 Å². The summed E-state index contributed by atoms with van der Waals surface area (Å²) in [5.74, 6) is 0. The lowest BCUT2D eigenvalue weighted by Crippen LogP contribution is -2.24. The van der Waals surface area contributed by atoms with Gasteiger partial charge in [0.05, 0.1) is 6.61 Å². The van der Waals surface area contributed by atoms with Gasteiger partial charge in [0, 0.05) is 13.1 Å². The van der Waals surface area contributed by atoms with E-state index in [2.05, 4.69) is 13.8 Å². The van der Waals surface area contributed by atoms with Crippen LogP contribution in [0.5, 0.6) is 0 Å². The molecule has 0 aliphatic rings. The summed E-state index contributed by atoms with van der Waals surface area (Å²) in [7, 11) is -3.69. The van der Waals surface area contributed by atoms with Gasteiger partial charge in [-0.05, 0) is 19.3 Å². The number of nitrogens with zero attached hydrogens (tertiary/aromatic N) is 1. The first-order chi connectivity index (χ1) is 31.6. The van der Waals surface area contributed by atoms with E-state index in [0.717, 1.165) is 32.1 Å². The van der Waals surface area contributed by atoms with Crippen molar-refractivity contribution in [1.29, 1.82) is 0 Å². The fourth-order valence-corrected chi connectivity index (χ4v) is 11.2. The monoisotopic (exact) mass is 924 g/mol. The molecule has 5 heteroatoms. The average molecular weight is 925 g/mol. The zero-order chi connectivity index (χ0) is 46.4. The van der Waals surface area contributed by atoms with Crippen molar-refractivity contribution in [3.63, 3.8) is 0 Å². The molecule has 0 radical (unpaired) electrons. The molecular weight excluding hydrogens is 802 g/mol. The highest BCUT2D eigenvalue weighted by molar-refractivity contribution is 7.50. The largest absolute Gasteiger partial charge is 0.405 e. The van der Waals surface area contributed by atoms with Crippen molar-refractivity contribution in [2.24, 2.45) is 0 Å². The highest BCUT2D eigenvalue weighted by atomic mass is 31.2. The molecule has 1 unspecified atom stereocenters. The van der Waals surface area contributed by atoms with Gasteiger partial charge in [-0.15, -0.1) is 0 Å². The topological polar surface area (TPSA) is 49.8 Å². The Labute approximate surface area is 405 Å². The van der Waals surface area contributed by atoms with Gasteiger partial charge in [0.1, 0.15) is 0 Å². The van der Waals surface area contributed by atoms with Gasteiger partial charge in [-0.1, -0.05) is 342 Å². The van der Waals surface area contributed by atoms with E-state index >= 15 is 0 Å². The van der Waals surface area contributed by atoms with Crippen LogP contribution in [0.2, 0.25) is 0 Å². The van der Waals surface area contributed by atoms with Gasteiger partial charge in [0.25, 0.3) is 0 Å². The van der Waals surface area contributed by atoms with Gasteiger partial charge in [-0.25, -0.2) is 9.24 Å². The molecular formula is C59H122NO3P. The molecule has 64 heavy (non-hydrogen) atoms. The zero-order valence-corrected chi connectivity index (χ0v) is 45.7. The van der Waals surface area contributed by atoms with Crippen LogP contribution in [0.3, 0.4) is 0 Å². The van der Waals surface area contributed by atoms with Crippen molar-refractivity contribution < 1.29 is 14.0 Å². The third-order valence-corrected chi connectivity index (χ3v) is 16.0. The molecule has 4 nitrogen and oxygen atoms in total. The van der Waals surface area contributed by atoms with Gasteiger partial charge in [0.2, 0.25) is 0 Å². The Hall–Kier alpha value is 0.110. The zero-order valence-electron chi connectivity index (χ0n) is 44.8. The Bertz CT molecular complexity index is 828. The summed E-state index contributed by atoms with van der Waals surface area (Å²) >= 11 is 0. The van der Waals surface area contributed by atoms with E-state index in [4.69, 9.17) is 4.52 Å². The quantitative estimate of drug-likeness (QED) is 0.0488. The summed E-state index contributed by atoms with van der Waals surface area (Å²) in [4.78, 5) is 10.7. The van der Waals surface area contributed by atoms with E-state index in [-0.39, 0.29) is 0 Å². The summed E-state index contributed by atoms with van der Waals surface area (Å²) in [6.07, 6.45) is 73.5. The van der Waals surface area contributed by atoms with E-state index in [1.165, 1.54) is 308 Å². The van der Waals surface area contributed by atoms with Gasteiger partial charge in [-0.3, -0.25) is 4.52 Å². The molecule has 0 spiro atoms. The fraction of sp³-hybridized carbons (Fsp3) is 1.00. The van der Waals surface area contributed by atoms with Crippen molar-refractivity contribution in [2.75, 3.05) is 19.7 Å². The first-order valence-electron chi connectivity index (χ1n) is 30.3. The highest BCUT2D eigenvalue weighted by Crippen LogP contribution is 2.46. The number of rotatable bonds is 58. The lowest BCUT2D eigenvalue weighted by Gasteiger charge is -2.26. The summed E-state index contributed by atoms with van der Waals surface area (Å²) in [5.41, 5.74) is 0. The average Bonchev–Trinajstić information content (AvgIpc) is 3.29. The number of hydrogen-bond donors (Lipinski definition) is 1. The van der Waals surface area contributed by atoms with Crippen molar-refractivity contribution in [2.45, 2.75) is 361 Å². The van der Waals surface area contributed by atoms with Crippen molar-refractivity contribution in [3.05, 3.63) is 0 Å². The summed E-state index contributed by atoms with van der Waals surface area (Å²) in [6.45, 7) is 8.36. The normalized spacial score (nSPS) is 12.8. The third-order valence-electron chi connectivity index (χ3n) is 14.4. The van der Waals surface area contributed by atoms with Crippen LogP contribution < -0.4 is 0 Å². The molecule has 0 saturated carbocycles. The number of unbranched alkanes of at least 4 members (excludes halogenated alkanes) is 50. The van der Waals surface area contributed by atoms with E-state index in [1.54, 1.807) is 4.67 Å². The highest BCUT2D eigenvalue weighted by Gasteiger charge is 2.28. The summed E-state index contributed by atoms with van der Waals surface area (Å²) < 4.78 is 20.4. The van der Waals surface area contributed by atoms with Crippen molar-refractivity contribution >= 4 is 7.75 Å². The second-order valence-electron chi connectivity index (χ2n) is 21.0. The molecule has 0 aliphatic carbocycles. The predicted molar refractivity (Wildman–Crippen MR) is 289 cm³/mol. The predicted octanol–water partition coefficient (Wildman–Crippen LogP) is 22.1. The van der Waals surface area contributed by atoms with Crippen LogP contribution in [-0.2, 0) is 9.09 Å². The molecule has 0 bridgehead atoms. The minimum atomic E-state index is -3.69. The smallest absolute Gasteiger partial charge is 0.312 e. The molecule has 0 aromatic heterocycles. The van der Waals surface area contributed by atoms with Crippen LogP contribution >= 0.6 is 7.75 Å². The minimum absolute atomic E-state index is 0.364. The maximum Gasteiger partial charge on any atom is 0.405 e. The Morgan fingerprint density at radius 2 is 0.422 bits per heavy atom. The van der Waals surface area contributed by atoms with E-state index in [0.29, 0.717) is 19.7 Å². The molecule has 1 atom stereocenters. The molecule has 0 saturated heterocycles. The van der Waals surface area contributed by atoms with Crippen molar-refractivity contribution in [1.82, 2.24) is 4.67 Å². The molecule has 386 valence electrons. The molecule has 0 amide bonds. The van der Waals surface area contributed by atoms with E-state index < -0.39 is 7.75 Å². The van der Waals surface area contributed by atoms with Crippen LogP contribution in [0.1, 0.15) is 361 Å². The van der Waals surface area contributed by atoms with Crippen LogP contribution in [0.15, 0.2) is 0 Å². The lowest BCUT2D eigenvalue weighted by molar-refractivity contribution is 0.197. The Morgan fingerprint density at radius 3 is 0.578 bits per heavy atom. The van der Waals surface area contributed by atoms with Crippen molar-refractivity contribution in [3.8, 4) is 0 Å². The van der Waals surface area contributed by atoms with Crippen LogP contribution in [-0.4, -0.2) is 29.3 Å². The third kappa shape index (κ3) is 51.5. The van der Waals surface area contributed by atoms with E-state index in [9.17, 15) is 9.46 Å². The second-order valence-corrected chi connectivity index (χ2v) is 22.8. The van der Waals surface area contributed by atoms with E-state index in [1.807, 2.05) is 6.92 Å². The molecule has 0 aromatic carbocycles. The van der Waals surface area contributed by atoms with Gasteiger partial charge >= 0.3 is 7.75 Å². The fourth-order valence-electron chi connectivity index (χ4n) is 9.88. The molecule has 0 heterocycles. The second kappa shape index (κ2) is 55.7. The SMILES string of the molecule is CCCCCCCCCCCCCCCCCCCCCCCCCCCCN(CCCCCCCCCCCCCCCCCCCCCCCCCCCC)P(=O)(O)OCCC. The summed E-state index contributed by atoms with van der Waals surface area (Å²) in [5, 5.41) is 0.